The minimum absolute atomic E-state index is 0.239. The lowest BCUT2D eigenvalue weighted by atomic mass is 9.83. The fraction of sp³-hybridized carbons (Fsp3) is 0.462. The van der Waals surface area contributed by atoms with E-state index in [-0.39, 0.29) is 5.56 Å². The molecule has 0 amide bonds. The molecule has 1 fully saturated rings. The predicted octanol–water partition coefficient (Wildman–Crippen LogP) is 3.01. The van der Waals surface area contributed by atoms with Gasteiger partial charge in [0.1, 0.15) is 0 Å². The van der Waals surface area contributed by atoms with E-state index >= 15 is 0 Å². The van der Waals surface area contributed by atoms with Gasteiger partial charge in [0, 0.05) is 5.69 Å². The summed E-state index contributed by atoms with van der Waals surface area (Å²) >= 11 is 0. The third-order valence-electron chi connectivity index (χ3n) is 3.38. The van der Waals surface area contributed by atoms with E-state index in [1.54, 1.807) is 12.1 Å². The largest absolute Gasteiger partial charge is 0.478 e. The lowest BCUT2D eigenvalue weighted by Crippen LogP contribution is -2.08. The van der Waals surface area contributed by atoms with E-state index in [4.69, 9.17) is 10.8 Å². The molecule has 1 saturated carbocycles. The second-order valence-electron chi connectivity index (χ2n) is 4.49. The maximum Gasteiger partial charge on any atom is 0.337 e. The normalized spacial score (nSPS) is 17.2. The minimum atomic E-state index is -0.935. The second kappa shape index (κ2) is 4.56. The van der Waals surface area contributed by atoms with Gasteiger partial charge in [0.25, 0.3) is 0 Å². The number of carboxylic acid groups (broad SMARTS) is 1. The first-order chi connectivity index (χ1) is 7.68. The second-order valence-corrected chi connectivity index (χ2v) is 4.49. The Morgan fingerprint density at radius 2 is 1.94 bits per heavy atom. The van der Waals surface area contributed by atoms with Crippen molar-refractivity contribution < 1.29 is 9.90 Å². The van der Waals surface area contributed by atoms with Crippen LogP contribution in [0.1, 0.15) is 53.9 Å². The molecule has 0 atom stereocenters. The summed E-state index contributed by atoms with van der Waals surface area (Å²) in [5.74, 6) is -0.414. The summed E-state index contributed by atoms with van der Waals surface area (Å²) in [4.78, 5) is 11.0. The Kier molecular flexibility index (Phi) is 3.13. The molecule has 0 heterocycles. The highest BCUT2D eigenvalue weighted by molar-refractivity contribution is 5.93. The van der Waals surface area contributed by atoms with Crippen LogP contribution in [0.25, 0.3) is 0 Å². The van der Waals surface area contributed by atoms with Crippen LogP contribution >= 0.6 is 0 Å². The molecule has 1 aliphatic rings. The molecule has 1 aromatic rings. The maximum atomic E-state index is 11.0. The number of aromatic carboxylic acids is 1. The standard InChI is InChI=1S/C13H17NO2/c14-12-7-6-10(8-11(12)13(15)16)9-4-2-1-3-5-9/h6-9H,1-5,14H2,(H,15,16). The van der Waals surface area contributed by atoms with E-state index < -0.39 is 5.97 Å². The van der Waals surface area contributed by atoms with Crippen molar-refractivity contribution >= 4 is 11.7 Å². The third kappa shape index (κ3) is 2.18. The topological polar surface area (TPSA) is 63.3 Å². The Bertz CT molecular complexity index is 395. The first kappa shape index (κ1) is 11.0. The van der Waals surface area contributed by atoms with E-state index in [2.05, 4.69) is 0 Å². The number of rotatable bonds is 2. The van der Waals surface area contributed by atoms with Crippen LogP contribution in [-0.2, 0) is 0 Å². The zero-order valence-corrected chi connectivity index (χ0v) is 9.28. The SMILES string of the molecule is Nc1ccc(C2CCCCC2)cc1C(=O)O. The van der Waals surface area contributed by atoms with E-state index in [0.29, 0.717) is 11.6 Å². The number of nitrogen functional groups attached to an aromatic ring is 1. The highest BCUT2D eigenvalue weighted by atomic mass is 16.4. The summed E-state index contributed by atoms with van der Waals surface area (Å²) in [6.07, 6.45) is 6.14. The van der Waals surface area contributed by atoms with Crippen LogP contribution in [0, 0.1) is 0 Å². The molecule has 3 nitrogen and oxygen atoms in total. The van der Waals surface area contributed by atoms with Gasteiger partial charge in [-0.05, 0) is 36.5 Å². The predicted molar refractivity (Wildman–Crippen MR) is 63.6 cm³/mol. The van der Waals surface area contributed by atoms with Crippen LogP contribution in [0.3, 0.4) is 0 Å². The van der Waals surface area contributed by atoms with Crippen LogP contribution in [0.5, 0.6) is 0 Å². The molecular weight excluding hydrogens is 202 g/mol. The fourth-order valence-electron chi connectivity index (χ4n) is 2.45. The van der Waals surface area contributed by atoms with Crippen LogP contribution in [0.4, 0.5) is 5.69 Å². The van der Waals surface area contributed by atoms with Crippen molar-refractivity contribution in [1.29, 1.82) is 0 Å². The molecule has 0 radical (unpaired) electrons. The highest BCUT2D eigenvalue weighted by Gasteiger charge is 2.17. The first-order valence-corrected chi connectivity index (χ1v) is 5.81. The summed E-state index contributed by atoms with van der Waals surface area (Å²) in [6, 6.07) is 5.43. The molecule has 3 heteroatoms. The average Bonchev–Trinajstić information content (AvgIpc) is 2.30. The summed E-state index contributed by atoms with van der Waals surface area (Å²) in [5.41, 5.74) is 7.36. The van der Waals surface area contributed by atoms with E-state index in [9.17, 15) is 4.79 Å². The lowest BCUT2D eigenvalue weighted by molar-refractivity contribution is 0.0698. The molecular formula is C13H17NO2. The Hall–Kier alpha value is -1.51. The van der Waals surface area contributed by atoms with Crippen LogP contribution in [0.2, 0.25) is 0 Å². The molecule has 86 valence electrons. The fourth-order valence-corrected chi connectivity index (χ4v) is 2.45. The van der Waals surface area contributed by atoms with Crippen LogP contribution in [0.15, 0.2) is 18.2 Å². The van der Waals surface area contributed by atoms with Crippen molar-refractivity contribution in [2.24, 2.45) is 0 Å². The molecule has 0 saturated heterocycles. The number of benzene rings is 1. The van der Waals surface area contributed by atoms with Crippen molar-refractivity contribution in [2.75, 3.05) is 5.73 Å². The van der Waals surface area contributed by atoms with Crippen molar-refractivity contribution in [2.45, 2.75) is 38.0 Å². The molecule has 0 aliphatic heterocycles. The Morgan fingerprint density at radius 3 is 2.56 bits per heavy atom. The van der Waals surface area contributed by atoms with Crippen molar-refractivity contribution in [3.05, 3.63) is 29.3 Å². The minimum Gasteiger partial charge on any atom is -0.478 e. The summed E-state index contributed by atoms with van der Waals surface area (Å²) in [6.45, 7) is 0. The quantitative estimate of drug-likeness (QED) is 0.751. The van der Waals surface area contributed by atoms with Gasteiger partial charge < -0.3 is 10.8 Å². The monoisotopic (exact) mass is 219 g/mol. The van der Waals surface area contributed by atoms with Crippen LogP contribution < -0.4 is 5.73 Å². The maximum absolute atomic E-state index is 11.0. The van der Waals surface area contributed by atoms with Crippen LogP contribution in [-0.4, -0.2) is 11.1 Å². The Morgan fingerprint density at radius 1 is 1.25 bits per heavy atom. The Labute approximate surface area is 95.3 Å². The number of carboxylic acids is 1. The van der Waals surface area contributed by atoms with E-state index in [1.807, 2.05) is 6.07 Å². The molecule has 16 heavy (non-hydrogen) atoms. The van der Waals surface area contributed by atoms with Gasteiger partial charge in [0.15, 0.2) is 0 Å². The van der Waals surface area contributed by atoms with Crippen molar-refractivity contribution in [1.82, 2.24) is 0 Å². The van der Waals surface area contributed by atoms with Gasteiger partial charge in [-0.15, -0.1) is 0 Å². The Balaban J connectivity index is 2.27. The average molecular weight is 219 g/mol. The van der Waals surface area contributed by atoms with Gasteiger partial charge in [-0.25, -0.2) is 4.79 Å². The highest BCUT2D eigenvalue weighted by Crippen LogP contribution is 2.33. The van der Waals surface area contributed by atoms with Gasteiger partial charge in [-0.3, -0.25) is 0 Å². The lowest BCUT2D eigenvalue weighted by Gasteiger charge is -2.22. The molecule has 3 N–H and O–H groups in total. The van der Waals surface area contributed by atoms with E-state index in [0.717, 1.165) is 5.56 Å². The third-order valence-corrected chi connectivity index (χ3v) is 3.38. The van der Waals surface area contributed by atoms with Gasteiger partial charge >= 0.3 is 5.97 Å². The number of anilines is 1. The zero-order chi connectivity index (χ0) is 11.5. The van der Waals surface area contributed by atoms with Gasteiger partial charge in [-0.2, -0.15) is 0 Å². The molecule has 0 spiro atoms. The number of hydrogen-bond donors (Lipinski definition) is 2. The van der Waals surface area contributed by atoms with Crippen molar-refractivity contribution in [3.8, 4) is 0 Å². The molecule has 2 rings (SSSR count). The number of hydrogen-bond acceptors (Lipinski definition) is 2. The van der Waals surface area contributed by atoms with Crippen molar-refractivity contribution in [3.63, 3.8) is 0 Å². The smallest absolute Gasteiger partial charge is 0.337 e. The molecule has 0 unspecified atom stereocenters. The summed E-state index contributed by atoms with van der Waals surface area (Å²) in [7, 11) is 0. The molecule has 0 aromatic heterocycles. The molecule has 1 aromatic carbocycles. The molecule has 0 bridgehead atoms. The number of nitrogens with two attached hydrogens (primary N) is 1. The van der Waals surface area contributed by atoms with Gasteiger partial charge in [-0.1, -0.05) is 25.3 Å². The van der Waals surface area contributed by atoms with Gasteiger partial charge in [0.2, 0.25) is 0 Å². The van der Waals surface area contributed by atoms with Gasteiger partial charge in [0.05, 0.1) is 5.56 Å². The first-order valence-electron chi connectivity index (χ1n) is 5.81. The summed E-state index contributed by atoms with van der Waals surface area (Å²) < 4.78 is 0. The number of carbonyl (C=O) groups is 1. The summed E-state index contributed by atoms with van der Waals surface area (Å²) in [5, 5.41) is 9.01. The zero-order valence-electron chi connectivity index (χ0n) is 9.28. The van der Waals surface area contributed by atoms with E-state index in [1.165, 1.54) is 32.1 Å². The molecule has 1 aliphatic carbocycles.